The lowest BCUT2D eigenvalue weighted by molar-refractivity contribution is 0.0913. The van der Waals surface area contributed by atoms with Crippen LogP contribution in [-0.4, -0.2) is 20.4 Å². The standard InChI is InChI=1S/C25H24N4O/c1-16-9-11-17(12-10-16)19-13-21-23-20(14-25(2,3)15-22(23)30)28-29(21)24(27-19)26-18-7-5-4-6-8-18/h4-13H,14-15H2,1-3H3,(H,26,27). The summed E-state index contributed by atoms with van der Waals surface area (Å²) in [5, 5.41) is 8.21. The minimum Gasteiger partial charge on any atom is -0.324 e. The van der Waals surface area contributed by atoms with Crippen LogP contribution < -0.4 is 5.32 Å². The molecule has 0 bridgehead atoms. The van der Waals surface area contributed by atoms with Gasteiger partial charge in [-0.05, 0) is 37.0 Å². The van der Waals surface area contributed by atoms with E-state index in [0.717, 1.165) is 40.1 Å². The maximum absolute atomic E-state index is 13.0. The van der Waals surface area contributed by atoms with Crippen molar-refractivity contribution in [2.24, 2.45) is 5.41 Å². The van der Waals surface area contributed by atoms with Crippen molar-refractivity contribution in [3.8, 4) is 11.3 Å². The first-order valence-corrected chi connectivity index (χ1v) is 10.2. The summed E-state index contributed by atoms with van der Waals surface area (Å²) in [5.41, 5.74) is 6.28. The molecule has 150 valence electrons. The summed E-state index contributed by atoms with van der Waals surface area (Å²) in [6, 6.07) is 20.2. The van der Waals surface area contributed by atoms with E-state index in [2.05, 4.69) is 50.4 Å². The molecular weight excluding hydrogens is 372 g/mol. The van der Waals surface area contributed by atoms with Crippen LogP contribution in [0.15, 0.2) is 60.7 Å². The molecule has 1 aliphatic rings. The Balaban J connectivity index is 1.73. The van der Waals surface area contributed by atoms with Gasteiger partial charge in [0.1, 0.15) is 0 Å². The number of para-hydroxylation sites is 1. The normalized spacial score (nSPS) is 15.2. The molecule has 5 nitrogen and oxygen atoms in total. The summed E-state index contributed by atoms with van der Waals surface area (Å²) in [7, 11) is 0. The number of nitrogens with zero attached hydrogens (tertiary/aromatic N) is 3. The molecule has 5 heteroatoms. The van der Waals surface area contributed by atoms with Crippen LogP contribution >= 0.6 is 0 Å². The lowest BCUT2D eigenvalue weighted by Crippen LogP contribution is -2.26. The van der Waals surface area contributed by atoms with Gasteiger partial charge in [0.05, 0.1) is 22.5 Å². The predicted molar refractivity (Wildman–Crippen MR) is 119 cm³/mol. The molecule has 2 heterocycles. The highest BCUT2D eigenvalue weighted by atomic mass is 16.1. The molecule has 0 aliphatic heterocycles. The number of Topliss-reactive ketones (excluding diaryl/α,β-unsaturated/α-hetero) is 1. The van der Waals surface area contributed by atoms with Crippen LogP contribution in [0.1, 0.15) is 41.9 Å². The third-order valence-corrected chi connectivity index (χ3v) is 5.64. The van der Waals surface area contributed by atoms with E-state index in [1.807, 2.05) is 36.4 Å². The Morgan fingerprint density at radius 3 is 2.47 bits per heavy atom. The van der Waals surface area contributed by atoms with Gasteiger partial charge in [-0.1, -0.05) is 61.9 Å². The number of carbonyl (C=O) groups excluding carboxylic acids is 1. The predicted octanol–water partition coefficient (Wildman–Crippen LogP) is 5.60. The minimum atomic E-state index is -0.0811. The fraction of sp³-hybridized carbons (Fsp3) is 0.240. The number of ketones is 1. The molecule has 0 saturated carbocycles. The topological polar surface area (TPSA) is 59.3 Å². The number of aryl methyl sites for hydroxylation is 1. The van der Waals surface area contributed by atoms with Gasteiger partial charge in [-0.3, -0.25) is 4.79 Å². The van der Waals surface area contributed by atoms with Crippen LogP contribution in [0.4, 0.5) is 11.6 Å². The Morgan fingerprint density at radius 2 is 1.73 bits per heavy atom. The van der Waals surface area contributed by atoms with E-state index in [-0.39, 0.29) is 11.2 Å². The van der Waals surface area contributed by atoms with Gasteiger partial charge in [-0.15, -0.1) is 0 Å². The zero-order valence-electron chi connectivity index (χ0n) is 17.4. The zero-order chi connectivity index (χ0) is 20.9. The largest absolute Gasteiger partial charge is 0.324 e. The van der Waals surface area contributed by atoms with Crippen molar-refractivity contribution in [2.75, 3.05) is 5.32 Å². The Morgan fingerprint density at radius 1 is 1.00 bits per heavy atom. The average molecular weight is 396 g/mol. The number of fused-ring (bicyclic) bond motifs is 3. The van der Waals surface area contributed by atoms with Crippen molar-refractivity contribution >= 4 is 22.9 Å². The highest BCUT2D eigenvalue weighted by Gasteiger charge is 2.35. The van der Waals surface area contributed by atoms with E-state index < -0.39 is 0 Å². The third-order valence-electron chi connectivity index (χ3n) is 5.64. The van der Waals surface area contributed by atoms with Crippen molar-refractivity contribution in [3.63, 3.8) is 0 Å². The summed E-state index contributed by atoms with van der Waals surface area (Å²) in [6.45, 7) is 6.31. The molecule has 2 aromatic heterocycles. The SMILES string of the molecule is Cc1ccc(-c2cc3c4c(nn3c(Nc3ccccc3)n2)CC(C)(C)CC4=O)cc1. The van der Waals surface area contributed by atoms with Crippen molar-refractivity contribution in [3.05, 3.63) is 77.5 Å². The zero-order valence-corrected chi connectivity index (χ0v) is 17.4. The number of hydrogen-bond acceptors (Lipinski definition) is 4. The van der Waals surface area contributed by atoms with Crippen LogP contribution in [0, 0.1) is 12.3 Å². The number of nitrogens with one attached hydrogen (secondary N) is 1. The third kappa shape index (κ3) is 3.26. The van der Waals surface area contributed by atoms with Gasteiger partial charge in [0, 0.05) is 17.7 Å². The molecule has 0 atom stereocenters. The fourth-order valence-corrected chi connectivity index (χ4v) is 4.17. The van der Waals surface area contributed by atoms with E-state index in [1.165, 1.54) is 5.56 Å². The smallest absolute Gasteiger partial charge is 0.229 e. The lowest BCUT2D eigenvalue weighted by atomic mass is 9.76. The van der Waals surface area contributed by atoms with Gasteiger partial charge in [-0.2, -0.15) is 9.61 Å². The molecule has 4 aromatic rings. The molecule has 0 fully saturated rings. The second kappa shape index (κ2) is 6.80. The summed E-state index contributed by atoms with van der Waals surface area (Å²) >= 11 is 0. The molecule has 0 amide bonds. The Kier molecular flexibility index (Phi) is 4.21. The number of aromatic nitrogens is 3. The molecule has 0 spiro atoms. The van der Waals surface area contributed by atoms with Crippen molar-refractivity contribution < 1.29 is 4.79 Å². The first-order chi connectivity index (χ1) is 14.4. The molecule has 5 rings (SSSR count). The maximum atomic E-state index is 13.0. The van der Waals surface area contributed by atoms with E-state index in [0.29, 0.717) is 12.4 Å². The van der Waals surface area contributed by atoms with Gasteiger partial charge in [0.25, 0.3) is 0 Å². The fourth-order valence-electron chi connectivity index (χ4n) is 4.17. The molecule has 0 radical (unpaired) electrons. The van der Waals surface area contributed by atoms with Gasteiger partial charge in [0.15, 0.2) is 5.78 Å². The minimum absolute atomic E-state index is 0.0811. The van der Waals surface area contributed by atoms with E-state index in [1.54, 1.807) is 4.52 Å². The molecule has 30 heavy (non-hydrogen) atoms. The Labute approximate surface area is 175 Å². The average Bonchev–Trinajstić information content (AvgIpc) is 3.07. The van der Waals surface area contributed by atoms with Crippen LogP contribution in [-0.2, 0) is 6.42 Å². The number of hydrogen-bond donors (Lipinski definition) is 1. The number of carbonyl (C=O) groups is 1. The first kappa shape index (κ1) is 18.6. The first-order valence-electron chi connectivity index (χ1n) is 10.2. The highest BCUT2D eigenvalue weighted by molar-refractivity contribution is 6.05. The molecule has 1 aliphatic carbocycles. The number of anilines is 2. The van der Waals surface area contributed by atoms with E-state index in [9.17, 15) is 4.79 Å². The highest BCUT2D eigenvalue weighted by Crippen LogP contribution is 2.37. The quantitative estimate of drug-likeness (QED) is 0.489. The van der Waals surface area contributed by atoms with Crippen LogP contribution in [0.25, 0.3) is 16.8 Å². The van der Waals surface area contributed by atoms with Crippen LogP contribution in [0.5, 0.6) is 0 Å². The summed E-state index contributed by atoms with van der Waals surface area (Å²) < 4.78 is 1.79. The van der Waals surface area contributed by atoms with Crippen LogP contribution in [0.2, 0.25) is 0 Å². The van der Waals surface area contributed by atoms with Crippen molar-refractivity contribution in [2.45, 2.75) is 33.6 Å². The molecular formula is C25H24N4O. The van der Waals surface area contributed by atoms with Gasteiger partial charge in [0.2, 0.25) is 5.95 Å². The van der Waals surface area contributed by atoms with Gasteiger partial charge < -0.3 is 5.32 Å². The second-order valence-corrected chi connectivity index (χ2v) is 8.88. The number of rotatable bonds is 3. The molecule has 0 saturated heterocycles. The van der Waals surface area contributed by atoms with Gasteiger partial charge in [-0.25, -0.2) is 4.98 Å². The lowest BCUT2D eigenvalue weighted by Gasteiger charge is -2.27. The Bertz CT molecular complexity index is 1250. The summed E-state index contributed by atoms with van der Waals surface area (Å²) in [5.74, 6) is 0.761. The van der Waals surface area contributed by atoms with Crippen molar-refractivity contribution in [1.82, 2.24) is 14.6 Å². The van der Waals surface area contributed by atoms with Gasteiger partial charge >= 0.3 is 0 Å². The van der Waals surface area contributed by atoms with Crippen molar-refractivity contribution in [1.29, 1.82) is 0 Å². The summed E-state index contributed by atoms with van der Waals surface area (Å²) in [4.78, 5) is 17.9. The maximum Gasteiger partial charge on any atom is 0.229 e. The van der Waals surface area contributed by atoms with E-state index in [4.69, 9.17) is 10.1 Å². The number of benzene rings is 2. The second-order valence-electron chi connectivity index (χ2n) is 8.88. The van der Waals surface area contributed by atoms with Crippen LogP contribution in [0.3, 0.4) is 0 Å². The monoisotopic (exact) mass is 396 g/mol. The summed E-state index contributed by atoms with van der Waals surface area (Å²) in [6.07, 6.45) is 1.31. The molecule has 0 unspecified atom stereocenters. The van der Waals surface area contributed by atoms with E-state index >= 15 is 0 Å². The molecule has 2 aromatic carbocycles. The molecule has 1 N–H and O–H groups in total. The Hall–Kier alpha value is -3.47.